The molecule has 1 N–H and O–H groups in total. The number of rotatable bonds is 7. The van der Waals surface area contributed by atoms with Crippen LogP contribution in [0.15, 0.2) is 48.5 Å². The predicted molar refractivity (Wildman–Crippen MR) is 107 cm³/mol. The fourth-order valence-corrected chi connectivity index (χ4v) is 3.60. The van der Waals surface area contributed by atoms with Gasteiger partial charge in [-0.05, 0) is 24.0 Å². The topological polar surface area (TPSA) is 57.6 Å². The third kappa shape index (κ3) is 3.54. The van der Waals surface area contributed by atoms with E-state index >= 15 is 0 Å². The molecule has 0 saturated carbocycles. The Hall–Kier alpha value is -2.46. The molecule has 1 heterocycles. The first-order valence-corrected chi connectivity index (χ1v) is 9.65. The van der Waals surface area contributed by atoms with Gasteiger partial charge in [0.25, 0.3) is 5.91 Å². The molecular weight excluding hydrogens is 338 g/mol. The van der Waals surface area contributed by atoms with Crippen molar-refractivity contribution in [3.8, 4) is 0 Å². The van der Waals surface area contributed by atoms with Gasteiger partial charge in [-0.25, -0.2) is 0 Å². The van der Waals surface area contributed by atoms with Gasteiger partial charge in [-0.1, -0.05) is 69.7 Å². The van der Waals surface area contributed by atoms with Gasteiger partial charge in [-0.3, -0.25) is 9.59 Å². The van der Waals surface area contributed by atoms with E-state index in [0.717, 1.165) is 18.4 Å². The third-order valence-corrected chi connectivity index (χ3v) is 5.29. The standard InChI is InChI=1S/C23H27NO3/c1-4-5-14-24-20-9-7-6-8-19(20)23(27,22(24)26)15-21(25)18-12-10-17(11-13-18)16(2)3/h6-13,16,27H,4-5,14-15H2,1-3H3/t23-/m1/s1. The van der Waals surface area contributed by atoms with E-state index in [0.29, 0.717) is 29.3 Å². The van der Waals surface area contributed by atoms with Crippen molar-refractivity contribution < 1.29 is 14.7 Å². The maximum atomic E-state index is 13.0. The molecular formula is C23H27NO3. The number of nitrogens with zero attached hydrogens (tertiary/aromatic N) is 1. The Bertz CT molecular complexity index is 841. The summed E-state index contributed by atoms with van der Waals surface area (Å²) in [6.45, 7) is 6.80. The monoisotopic (exact) mass is 365 g/mol. The lowest BCUT2D eigenvalue weighted by Gasteiger charge is -2.22. The number of ketones is 1. The summed E-state index contributed by atoms with van der Waals surface area (Å²) in [5, 5.41) is 11.2. The summed E-state index contributed by atoms with van der Waals surface area (Å²) in [6.07, 6.45) is 1.55. The number of amides is 1. The van der Waals surface area contributed by atoms with Crippen molar-refractivity contribution in [2.24, 2.45) is 0 Å². The summed E-state index contributed by atoms with van der Waals surface area (Å²) in [5.41, 5.74) is 1.11. The van der Waals surface area contributed by atoms with Gasteiger partial charge in [-0.15, -0.1) is 0 Å². The lowest BCUT2D eigenvalue weighted by Crippen LogP contribution is -2.42. The van der Waals surface area contributed by atoms with Crippen LogP contribution in [0.3, 0.4) is 0 Å². The van der Waals surface area contributed by atoms with Gasteiger partial charge in [0.15, 0.2) is 11.4 Å². The number of unbranched alkanes of at least 4 members (excludes halogenated alkanes) is 1. The van der Waals surface area contributed by atoms with Crippen molar-refractivity contribution >= 4 is 17.4 Å². The van der Waals surface area contributed by atoms with Gasteiger partial charge in [-0.2, -0.15) is 0 Å². The van der Waals surface area contributed by atoms with E-state index in [9.17, 15) is 14.7 Å². The van der Waals surface area contributed by atoms with Gasteiger partial charge in [0.05, 0.1) is 12.1 Å². The first-order valence-electron chi connectivity index (χ1n) is 9.65. The molecule has 0 spiro atoms. The molecule has 0 aromatic heterocycles. The molecule has 142 valence electrons. The molecule has 3 rings (SSSR count). The Morgan fingerprint density at radius 1 is 1.11 bits per heavy atom. The fourth-order valence-electron chi connectivity index (χ4n) is 3.60. The van der Waals surface area contributed by atoms with Crippen LogP contribution in [0.1, 0.15) is 67.4 Å². The maximum Gasteiger partial charge on any atom is 0.264 e. The van der Waals surface area contributed by atoms with E-state index in [1.807, 2.05) is 24.3 Å². The fraction of sp³-hybridized carbons (Fsp3) is 0.391. The number of hydrogen-bond acceptors (Lipinski definition) is 3. The number of anilines is 1. The van der Waals surface area contributed by atoms with E-state index in [1.54, 1.807) is 29.2 Å². The van der Waals surface area contributed by atoms with Crippen molar-refractivity contribution in [2.75, 3.05) is 11.4 Å². The van der Waals surface area contributed by atoms with Crippen LogP contribution in [0.2, 0.25) is 0 Å². The molecule has 0 saturated heterocycles. The molecule has 1 aliphatic rings. The van der Waals surface area contributed by atoms with Crippen molar-refractivity contribution in [3.05, 3.63) is 65.2 Å². The van der Waals surface area contributed by atoms with E-state index in [2.05, 4.69) is 20.8 Å². The highest BCUT2D eigenvalue weighted by Crippen LogP contribution is 2.42. The highest BCUT2D eigenvalue weighted by atomic mass is 16.3. The van der Waals surface area contributed by atoms with Crippen molar-refractivity contribution in [1.82, 2.24) is 0 Å². The minimum absolute atomic E-state index is 0.228. The second kappa shape index (κ2) is 7.65. The Morgan fingerprint density at radius 3 is 2.41 bits per heavy atom. The zero-order valence-electron chi connectivity index (χ0n) is 16.2. The van der Waals surface area contributed by atoms with Crippen LogP contribution in [-0.2, 0) is 10.4 Å². The number of aliphatic hydroxyl groups is 1. The highest BCUT2D eigenvalue weighted by Gasteiger charge is 2.50. The number of para-hydroxylation sites is 1. The molecule has 2 aromatic carbocycles. The van der Waals surface area contributed by atoms with Gasteiger partial charge >= 0.3 is 0 Å². The number of benzene rings is 2. The Kier molecular flexibility index (Phi) is 5.47. The van der Waals surface area contributed by atoms with E-state index in [4.69, 9.17) is 0 Å². The summed E-state index contributed by atoms with van der Waals surface area (Å²) in [5.74, 6) is -0.244. The Morgan fingerprint density at radius 2 is 1.78 bits per heavy atom. The normalized spacial score (nSPS) is 18.9. The molecule has 0 aliphatic carbocycles. The zero-order chi connectivity index (χ0) is 19.6. The van der Waals surface area contributed by atoms with E-state index < -0.39 is 11.5 Å². The molecule has 4 nitrogen and oxygen atoms in total. The first kappa shape index (κ1) is 19.3. The molecule has 2 aromatic rings. The first-order chi connectivity index (χ1) is 12.9. The van der Waals surface area contributed by atoms with Crippen molar-refractivity contribution in [1.29, 1.82) is 0 Å². The summed E-state index contributed by atoms with van der Waals surface area (Å²) in [4.78, 5) is 27.5. The van der Waals surface area contributed by atoms with E-state index in [-0.39, 0.29) is 12.2 Å². The average molecular weight is 365 g/mol. The van der Waals surface area contributed by atoms with Gasteiger partial charge in [0.2, 0.25) is 0 Å². The largest absolute Gasteiger partial charge is 0.375 e. The lowest BCUT2D eigenvalue weighted by molar-refractivity contribution is -0.135. The quantitative estimate of drug-likeness (QED) is 0.739. The zero-order valence-corrected chi connectivity index (χ0v) is 16.2. The molecule has 4 heteroatoms. The third-order valence-electron chi connectivity index (χ3n) is 5.29. The van der Waals surface area contributed by atoms with Crippen molar-refractivity contribution in [2.45, 2.75) is 51.6 Å². The summed E-state index contributed by atoms with van der Waals surface area (Å²) in [6, 6.07) is 14.6. The summed E-state index contributed by atoms with van der Waals surface area (Å²) >= 11 is 0. The highest BCUT2D eigenvalue weighted by molar-refractivity contribution is 6.10. The Labute approximate surface area is 160 Å². The lowest BCUT2D eigenvalue weighted by atomic mass is 9.87. The molecule has 0 radical (unpaired) electrons. The van der Waals surface area contributed by atoms with Gasteiger partial charge in [0, 0.05) is 17.7 Å². The molecule has 1 atom stereocenters. The molecule has 1 aliphatic heterocycles. The van der Waals surface area contributed by atoms with Gasteiger partial charge < -0.3 is 10.0 Å². The smallest absolute Gasteiger partial charge is 0.264 e. The second-order valence-electron chi connectivity index (χ2n) is 7.56. The SMILES string of the molecule is CCCCN1C(=O)[C@@](O)(CC(=O)c2ccc(C(C)C)cc2)c2ccccc21. The summed E-state index contributed by atoms with van der Waals surface area (Å²) in [7, 11) is 0. The number of fused-ring (bicyclic) bond motifs is 1. The van der Waals surface area contributed by atoms with Crippen LogP contribution >= 0.6 is 0 Å². The summed E-state index contributed by atoms with van der Waals surface area (Å²) < 4.78 is 0. The van der Waals surface area contributed by atoms with Crippen molar-refractivity contribution in [3.63, 3.8) is 0 Å². The Balaban J connectivity index is 1.88. The molecule has 27 heavy (non-hydrogen) atoms. The average Bonchev–Trinajstić information content (AvgIpc) is 2.88. The predicted octanol–water partition coefficient (Wildman–Crippen LogP) is 4.42. The number of Topliss-reactive ketones (excluding diaryl/α,β-unsaturated/α-hetero) is 1. The van der Waals surface area contributed by atoms with Gasteiger partial charge in [0.1, 0.15) is 0 Å². The number of hydrogen-bond donors (Lipinski definition) is 1. The minimum atomic E-state index is -1.79. The van der Waals surface area contributed by atoms with Crippen LogP contribution in [0.5, 0.6) is 0 Å². The van der Waals surface area contributed by atoms with Crippen LogP contribution in [0.4, 0.5) is 5.69 Å². The van der Waals surface area contributed by atoms with E-state index in [1.165, 1.54) is 0 Å². The number of carbonyl (C=O) groups excluding carboxylic acids is 2. The number of carbonyl (C=O) groups is 2. The van der Waals surface area contributed by atoms with Crippen LogP contribution < -0.4 is 4.90 Å². The van der Waals surface area contributed by atoms with Crippen LogP contribution in [0.25, 0.3) is 0 Å². The second-order valence-corrected chi connectivity index (χ2v) is 7.56. The molecule has 1 amide bonds. The minimum Gasteiger partial charge on any atom is -0.375 e. The molecule has 0 unspecified atom stereocenters. The molecule has 0 bridgehead atoms. The maximum absolute atomic E-state index is 13.0. The molecule has 0 fully saturated rings. The van der Waals surface area contributed by atoms with Crippen LogP contribution in [-0.4, -0.2) is 23.3 Å². The van der Waals surface area contributed by atoms with Crippen LogP contribution in [0, 0.1) is 0 Å².